The van der Waals surface area contributed by atoms with Crippen molar-refractivity contribution in [3.63, 3.8) is 0 Å². The number of nitrogens with one attached hydrogen (secondary N) is 1. The van der Waals surface area contributed by atoms with Crippen molar-refractivity contribution >= 4 is 40.6 Å². The number of aromatic nitrogens is 3. The molecule has 1 aromatic heterocycles. The van der Waals surface area contributed by atoms with Crippen molar-refractivity contribution in [1.82, 2.24) is 25.2 Å². The Morgan fingerprint density at radius 1 is 1.31 bits per heavy atom. The smallest absolute Gasteiger partial charge is 0.311 e. The van der Waals surface area contributed by atoms with Crippen molar-refractivity contribution in [3.8, 4) is 0 Å². The fourth-order valence-corrected chi connectivity index (χ4v) is 8.68. The van der Waals surface area contributed by atoms with E-state index in [1.54, 1.807) is 28.3 Å². The van der Waals surface area contributed by atoms with E-state index in [1.807, 2.05) is 38.1 Å². The van der Waals surface area contributed by atoms with E-state index in [-0.39, 0.29) is 37.7 Å². The molecule has 1 aromatic carbocycles. The highest BCUT2D eigenvalue weighted by Crippen LogP contribution is 2.71. The van der Waals surface area contributed by atoms with Crippen LogP contribution < -0.4 is 5.32 Å². The van der Waals surface area contributed by atoms with Gasteiger partial charge in [0.05, 0.1) is 41.4 Å². The number of ether oxygens (including phenoxy) is 1. The lowest BCUT2D eigenvalue weighted by Crippen LogP contribution is -2.56. The molecule has 3 aliphatic heterocycles. The van der Waals surface area contributed by atoms with E-state index >= 15 is 0 Å². The molecule has 2 N–H and O–H groups in total. The molecular formula is C24H31N5O5S. The van der Waals surface area contributed by atoms with Gasteiger partial charge in [0.25, 0.3) is 0 Å². The van der Waals surface area contributed by atoms with E-state index in [2.05, 4.69) is 15.6 Å². The van der Waals surface area contributed by atoms with Gasteiger partial charge in [0, 0.05) is 4.75 Å². The fourth-order valence-electron chi connectivity index (χ4n) is 6.34. The first-order chi connectivity index (χ1) is 16.8. The first kappa shape index (κ1) is 24.1. The van der Waals surface area contributed by atoms with Crippen molar-refractivity contribution in [3.05, 3.63) is 24.3 Å². The molecule has 6 atom stereocenters. The minimum absolute atomic E-state index is 0.0950. The van der Waals surface area contributed by atoms with E-state index in [9.17, 15) is 19.5 Å². The van der Waals surface area contributed by atoms with Gasteiger partial charge >= 0.3 is 5.97 Å². The molecular weight excluding hydrogens is 470 g/mol. The molecule has 35 heavy (non-hydrogen) atoms. The fraction of sp³-hybridized carbons (Fsp3) is 0.625. The van der Waals surface area contributed by atoms with Crippen LogP contribution in [0.5, 0.6) is 0 Å². The quantitative estimate of drug-likeness (QED) is 0.519. The number of carbonyl (C=O) groups is 3. The van der Waals surface area contributed by atoms with Crippen LogP contribution in [0.4, 0.5) is 0 Å². The monoisotopic (exact) mass is 501 g/mol. The molecule has 0 saturated carbocycles. The summed E-state index contributed by atoms with van der Waals surface area (Å²) in [6.45, 7) is 5.71. The Hall–Kier alpha value is -2.66. The van der Waals surface area contributed by atoms with Crippen LogP contribution in [0.1, 0.15) is 40.0 Å². The Balaban J connectivity index is 1.49. The Bertz CT molecular complexity index is 1170. The first-order valence-corrected chi connectivity index (χ1v) is 13.0. The highest BCUT2D eigenvalue weighted by atomic mass is 32.2. The third-order valence-corrected chi connectivity index (χ3v) is 9.89. The molecule has 2 bridgehead atoms. The Kier molecular flexibility index (Phi) is 6.03. The predicted octanol–water partition coefficient (Wildman–Crippen LogP) is 1.32. The number of para-hydroxylation sites is 1. The van der Waals surface area contributed by atoms with Gasteiger partial charge in [-0.25, -0.2) is 4.68 Å². The van der Waals surface area contributed by atoms with Crippen LogP contribution in [0.3, 0.4) is 0 Å². The number of aliphatic hydroxyl groups excluding tert-OH is 1. The van der Waals surface area contributed by atoms with E-state index in [4.69, 9.17) is 4.74 Å². The molecule has 10 nitrogen and oxygen atoms in total. The second-order valence-corrected chi connectivity index (χ2v) is 11.6. The molecule has 0 radical (unpaired) electrons. The van der Waals surface area contributed by atoms with E-state index < -0.39 is 33.4 Å². The average molecular weight is 502 g/mol. The minimum atomic E-state index is -0.807. The third-order valence-electron chi connectivity index (χ3n) is 7.90. The summed E-state index contributed by atoms with van der Waals surface area (Å²) < 4.78 is 5.77. The molecule has 2 unspecified atom stereocenters. The lowest BCUT2D eigenvalue weighted by Gasteiger charge is -2.36. The van der Waals surface area contributed by atoms with Gasteiger partial charge in [0.1, 0.15) is 18.2 Å². The maximum absolute atomic E-state index is 13.9. The van der Waals surface area contributed by atoms with Crippen molar-refractivity contribution in [2.24, 2.45) is 11.8 Å². The van der Waals surface area contributed by atoms with Crippen LogP contribution in [0.15, 0.2) is 24.3 Å². The van der Waals surface area contributed by atoms with Crippen molar-refractivity contribution in [2.45, 2.75) is 68.3 Å². The third kappa shape index (κ3) is 3.46. The summed E-state index contributed by atoms with van der Waals surface area (Å²) in [6.07, 6.45) is 1.85. The van der Waals surface area contributed by atoms with Crippen molar-refractivity contribution < 1.29 is 24.2 Å². The molecule has 0 aliphatic carbocycles. The number of amides is 2. The van der Waals surface area contributed by atoms with Gasteiger partial charge in [-0.2, -0.15) is 0 Å². The van der Waals surface area contributed by atoms with Crippen molar-refractivity contribution in [2.75, 3.05) is 13.2 Å². The number of aliphatic hydroxyl groups is 1. The summed E-state index contributed by atoms with van der Waals surface area (Å²) >= 11 is 1.58. The zero-order chi connectivity index (χ0) is 25.0. The molecule has 3 fully saturated rings. The second kappa shape index (κ2) is 8.77. The van der Waals surface area contributed by atoms with Gasteiger partial charge in [-0.3, -0.25) is 14.4 Å². The number of hydrogen-bond donors (Lipinski definition) is 2. The van der Waals surface area contributed by atoms with E-state index in [1.165, 1.54) is 0 Å². The molecule has 3 saturated heterocycles. The molecule has 188 valence electrons. The number of esters is 1. The zero-order valence-corrected chi connectivity index (χ0v) is 21.0. The Morgan fingerprint density at radius 2 is 2.09 bits per heavy atom. The van der Waals surface area contributed by atoms with Gasteiger partial charge in [-0.05, 0) is 45.2 Å². The number of fused-ring (bicyclic) bond motifs is 2. The van der Waals surface area contributed by atoms with Crippen LogP contribution in [0.2, 0.25) is 0 Å². The normalized spacial score (nSPS) is 32.2. The number of hydrogen-bond acceptors (Lipinski definition) is 8. The standard InChI is InChI=1S/C24H31N5O5S/c1-4-14(12-30)29-19(20(31)25-13-28-16-9-7-6-8-15(16)26-27-28)24-11-10-23(3,35-24)18(17(24)21(29)32)22(33)34-5-2/h6-9,14,17-19,30H,4-5,10-13H2,1-3H3,(H,25,31)/t14-,17-,18+,19?,23-,24?/m0/s1. The predicted molar refractivity (Wildman–Crippen MR) is 129 cm³/mol. The van der Waals surface area contributed by atoms with E-state index in [0.29, 0.717) is 19.3 Å². The summed E-state index contributed by atoms with van der Waals surface area (Å²) in [6, 6.07) is 6.15. The lowest BCUT2D eigenvalue weighted by atomic mass is 9.66. The number of carbonyl (C=O) groups excluding carboxylic acids is 3. The lowest BCUT2D eigenvalue weighted by molar-refractivity contribution is -0.155. The topological polar surface area (TPSA) is 127 Å². The number of benzene rings is 1. The zero-order valence-electron chi connectivity index (χ0n) is 20.1. The largest absolute Gasteiger partial charge is 0.466 e. The number of nitrogens with zero attached hydrogens (tertiary/aromatic N) is 4. The molecule has 2 amide bonds. The van der Waals surface area contributed by atoms with Crippen LogP contribution >= 0.6 is 11.8 Å². The maximum atomic E-state index is 13.9. The number of thioether (sulfide) groups is 1. The second-order valence-electron chi connectivity index (χ2n) is 9.75. The first-order valence-electron chi connectivity index (χ1n) is 12.2. The summed E-state index contributed by atoms with van der Waals surface area (Å²) in [5.41, 5.74) is 1.51. The van der Waals surface area contributed by atoms with Crippen LogP contribution in [-0.4, -0.2) is 77.6 Å². The van der Waals surface area contributed by atoms with Gasteiger partial charge in [0.15, 0.2) is 0 Å². The minimum Gasteiger partial charge on any atom is -0.466 e. The van der Waals surface area contributed by atoms with Crippen molar-refractivity contribution in [1.29, 1.82) is 0 Å². The molecule has 4 heterocycles. The SMILES string of the molecule is CCOC(=O)[C@H]1[C@H]2C(=O)N([C@@H](CC)CO)C(C(=O)NCn3nnc4ccccc43)C23CC[C@]1(C)S3. The highest BCUT2D eigenvalue weighted by Gasteiger charge is 2.77. The average Bonchev–Trinajstić information content (AvgIpc) is 3.55. The maximum Gasteiger partial charge on any atom is 0.311 e. The summed E-state index contributed by atoms with van der Waals surface area (Å²) in [7, 11) is 0. The van der Waals surface area contributed by atoms with Gasteiger partial charge in [-0.1, -0.05) is 24.3 Å². The molecule has 1 spiro atoms. The Labute approximate surface area is 207 Å². The Morgan fingerprint density at radius 3 is 2.80 bits per heavy atom. The number of likely N-dealkylation sites (tertiary alicyclic amines) is 1. The molecule has 5 rings (SSSR count). The van der Waals surface area contributed by atoms with Crippen LogP contribution in [0.25, 0.3) is 11.0 Å². The van der Waals surface area contributed by atoms with Gasteiger partial charge in [-0.15, -0.1) is 16.9 Å². The molecule has 3 aliphatic rings. The highest BCUT2D eigenvalue weighted by molar-refractivity contribution is 8.02. The van der Waals surface area contributed by atoms with Crippen LogP contribution in [-0.2, 0) is 25.8 Å². The van der Waals surface area contributed by atoms with Gasteiger partial charge in [0.2, 0.25) is 11.8 Å². The molecule has 2 aromatic rings. The summed E-state index contributed by atoms with van der Waals surface area (Å²) in [4.78, 5) is 42.3. The summed E-state index contributed by atoms with van der Waals surface area (Å²) in [5, 5.41) is 21.3. The van der Waals surface area contributed by atoms with E-state index in [0.717, 1.165) is 11.0 Å². The molecule has 11 heteroatoms. The van der Waals surface area contributed by atoms with Gasteiger partial charge < -0.3 is 20.1 Å². The van der Waals surface area contributed by atoms with Crippen LogP contribution in [0, 0.1) is 11.8 Å². The summed E-state index contributed by atoms with van der Waals surface area (Å²) in [5.74, 6) is -2.22. The number of rotatable bonds is 8.